The number of nitriles is 1. The second-order valence-corrected chi connectivity index (χ2v) is 4.65. The van der Waals surface area contributed by atoms with Crippen molar-refractivity contribution in [1.29, 1.82) is 5.26 Å². The fourth-order valence-electron chi connectivity index (χ4n) is 1.43. The van der Waals surface area contributed by atoms with Gasteiger partial charge in [0.05, 0.1) is 0 Å². The molecule has 0 saturated carbocycles. The fourth-order valence-corrected chi connectivity index (χ4v) is 1.96. The molecule has 1 aromatic heterocycles. The summed E-state index contributed by atoms with van der Waals surface area (Å²) in [6.07, 6.45) is 6.57. The van der Waals surface area contributed by atoms with Gasteiger partial charge in [0.15, 0.2) is 5.13 Å². The molecule has 0 fully saturated rings. The molecular weight excluding hydrogens is 270 g/mol. The first kappa shape index (κ1) is 13.7. The lowest BCUT2D eigenvalue weighted by molar-refractivity contribution is -0.112. The van der Waals surface area contributed by atoms with E-state index < -0.39 is 5.91 Å². The van der Waals surface area contributed by atoms with Crippen LogP contribution in [-0.4, -0.2) is 10.9 Å². The molecule has 5 heteroatoms. The van der Waals surface area contributed by atoms with Gasteiger partial charge >= 0.3 is 0 Å². The van der Waals surface area contributed by atoms with Gasteiger partial charge in [0.25, 0.3) is 5.91 Å². The largest absolute Gasteiger partial charge is 0.297 e. The minimum absolute atomic E-state index is 0.0346. The number of amides is 1. The highest BCUT2D eigenvalue weighted by molar-refractivity contribution is 7.13. The number of carbonyl (C=O) groups excluding carboxylic acids is 1. The molecule has 1 N–H and O–H groups in total. The van der Waals surface area contributed by atoms with Crippen molar-refractivity contribution in [1.82, 2.24) is 4.98 Å². The monoisotopic (exact) mass is 281 g/mol. The van der Waals surface area contributed by atoms with Crippen LogP contribution in [0.15, 0.2) is 59.6 Å². The zero-order valence-corrected chi connectivity index (χ0v) is 11.3. The maximum absolute atomic E-state index is 11.8. The molecule has 1 aromatic carbocycles. The van der Waals surface area contributed by atoms with Gasteiger partial charge in [-0.05, 0) is 11.6 Å². The van der Waals surface area contributed by atoms with Crippen LogP contribution < -0.4 is 5.32 Å². The third kappa shape index (κ3) is 3.90. The molecule has 0 aliphatic rings. The van der Waals surface area contributed by atoms with E-state index in [-0.39, 0.29) is 5.57 Å². The van der Waals surface area contributed by atoms with Gasteiger partial charge in [0, 0.05) is 11.6 Å². The molecular formula is C15H11N3OS. The molecule has 1 amide bonds. The molecule has 0 aliphatic heterocycles. The second-order valence-electron chi connectivity index (χ2n) is 3.75. The zero-order chi connectivity index (χ0) is 14.2. The molecule has 0 atom stereocenters. The van der Waals surface area contributed by atoms with E-state index in [4.69, 9.17) is 5.26 Å². The van der Waals surface area contributed by atoms with Crippen molar-refractivity contribution in [3.63, 3.8) is 0 Å². The SMILES string of the molecule is N#CC(=CC=Cc1ccccc1)C(=O)Nc1nccs1. The van der Waals surface area contributed by atoms with Crippen LogP contribution in [0.4, 0.5) is 5.13 Å². The lowest BCUT2D eigenvalue weighted by atomic mass is 10.2. The lowest BCUT2D eigenvalue weighted by Crippen LogP contribution is -2.13. The Balaban J connectivity index is 2.04. The van der Waals surface area contributed by atoms with Crippen molar-refractivity contribution in [2.24, 2.45) is 0 Å². The van der Waals surface area contributed by atoms with E-state index in [1.807, 2.05) is 42.5 Å². The second kappa shape index (κ2) is 7.02. The van der Waals surface area contributed by atoms with Crippen LogP contribution in [0, 0.1) is 11.3 Å². The number of rotatable bonds is 4. The van der Waals surface area contributed by atoms with Gasteiger partial charge < -0.3 is 0 Å². The molecule has 4 nitrogen and oxygen atoms in total. The lowest BCUT2D eigenvalue weighted by Gasteiger charge is -1.98. The maximum atomic E-state index is 11.8. The van der Waals surface area contributed by atoms with Crippen molar-refractivity contribution in [3.05, 3.63) is 65.2 Å². The van der Waals surface area contributed by atoms with Gasteiger partial charge in [0.1, 0.15) is 11.6 Å². The van der Waals surface area contributed by atoms with E-state index in [0.29, 0.717) is 5.13 Å². The summed E-state index contributed by atoms with van der Waals surface area (Å²) in [5.74, 6) is -0.458. The summed E-state index contributed by atoms with van der Waals surface area (Å²) < 4.78 is 0. The first-order valence-electron chi connectivity index (χ1n) is 5.84. The summed E-state index contributed by atoms with van der Waals surface area (Å²) in [7, 11) is 0. The number of thiazole rings is 1. The molecule has 0 spiro atoms. The van der Waals surface area contributed by atoms with Crippen molar-refractivity contribution in [2.75, 3.05) is 5.32 Å². The molecule has 0 unspecified atom stereocenters. The molecule has 98 valence electrons. The van der Waals surface area contributed by atoms with E-state index in [1.54, 1.807) is 17.7 Å². The van der Waals surface area contributed by atoms with Crippen molar-refractivity contribution in [3.8, 4) is 6.07 Å². The Kier molecular flexibility index (Phi) is 4.81. The fraction of sp³-hybridized carbons (Fsp3) is 0. The maximum Gasteiger partial charge on any atom is 0.268 e. The van der Waals surface area contributed by atoms with E-state index in [9.17, 15) is 4.79 Å². The molecule has 0 saturated heterocycles. The van der Waals surface area contributed by atoms with Crippen molar-refractivity contribution < 1.29 is 4.79 Å². The van der Waals surface area contributed by atoms with Crippen LogP contribution in [0.2, 0.25) is 0 Å². The highest BCUT2D eigenvalue weighted by Crippen LogP contribution is 2.11. The standard InChI is InChI=1S/C15H11N3OS/c16-11-13(14(19)18-15-17-9-10-20-15)8-4-7-12-5-2-1-3-6-12/h1-10H,(H,17,18,19). The third-order valence-corrected chi connectivity index (χ3v) is 3.06. The average Bonchev–Trinajstić information content (AvgIpc) is 2.97. The van der Waals surface area contributed by atoms with Crippen LogP contribution in [-0.2, 0) is 4.79 Å². The number of anilines is 1. The van der Waals surface area contributed by atoms with Crippen molar-refractivity contribution >= 4 is 28.5 Å². The van der Waals surface area contributed by atoms with Gasteiger partial charge in [-0.25, -0.2) is 4.98 Å². The molecule has 1 heterocycles. The smallest absolute Gasteiger partial charge is 0.268 e. The van der Waals surface area contributed by atoms with Crippen LogP contribution in [0.3, 0.4) is 0 Å². The average molecular weight is 281 g/mol. The predicted octanol–water partition coefficient (Wildman–Crippen LogP) is 3.24. The number of benzene rings is 1. The number of nitrogens with zero attached hydrogens (tertiary/aromatic N) is 2. The number of aromatic nitrogens is 1. The minimum Gasteiger partial charge on any atom is -0.297 e. The number of carbonyl (C=O) groups is 1. The molecule has 0 bridgehead atoms. The molecule has 0 radical (unpaired) electrons. The summed E-state index contributed by atoms with van der Waals surface area (Å²) in [4.78, 5) is 15.7. The van der Waals surface area contributed by atoms with E-state index in [0.717, 1.165) is 5.56 Å². The van der Waals surface area contributed by atoms with E-state index in [1.165, 1.54) is 17.4 Å². The number of allylic oxidation sites excluding steroid dienone is 2. The Bertz CT molecular complexity index is 667. The Morgan fingerprint density at radius 3 is 2.80 bits per heavy atom. The number of hydrogen-bond acceptors (Lipinski definition) is 4. The predicted molar refractivity (Wildman–Crippen MR) is 79.9 cm³/mol. The normalized spacial score (nSPS) is 11.2. The highest BCUT2D eigenvalue weighted by Gasteiger charge is 2.09. The summed E-state index contributed by atoms with van der Waals surface area (Å²) in [5.41, 5.74) is 1.04. The van der Waals surface area contributed by atoms with Gasteiger partial charge in [-0.2, -0.15) is 5.26 Å². The van der Waals surface area contributed by atoms with Crippen LogP contribution in [0.5, 0.6) is 0 Å². The summed E-state index contributed by atoms with van der Waals surface area (Å²) in [6.45, 7) is 0. The zero-order valence-electron chi connectivity index (χ0n) is 10.5. The molecule has 0 aliphatic carbocycles. The number of hydrogen-bond donors (Lipinski definition) is 1. The quantitative estimate of drug-likeness (QED) is 0.531. The van der Waals surface area contributed by atoms with Crippen LogP contribution in [0.25, 0.3) is 6.08 Å². The topological polar surface area (TPSA) is 65.8 Å². The highest BCUT2D eigenvalue weighted by atomic mass is 32.1. The Morgan fingerprint density at radius 2 is 2.15 bits per heavy atom. The van der Waals surface area contributed by atoms with E-state index in [2.05, 4.69) is 10.3 Å². The third-order valence-electron chi connectivity index (χ3n) is 2.37. The van der Waals surface area contributed by atoms with Crippen LogP contribution in [0.1, 0.15) is 5.56 Å². The minimum atomic E-state index is -0.458. The Labute approximate surface area is 120 Å². The number of nitrogens with one attached hydrogen (secondary N) is 1. The summed E-state index contributed by atoms with van der Waals surface area (Å²) in [5, 5.41) is 13.8. The molecule has 2 rings (SSSR count). The van der Waals surface area contributed by atoms with Gasteiger partial charge in [-0.3, -0.25) is 10.1 Å². The first-order valence-corrected chi connectivity index (χ1v) is 6.72. The van der Waals surface area contributed by atoms with Gasteiger partial charge in [0.2, 0.25) is 0 Å². The Morgan fingerprint density at radius 1 is 1.35 bits per heavy atom. The summed E-state index contributed by atoms with van der Waals surface area (Å²) in [6, 6.07) is 11.5. The van der Waals surface area contributed by atoms with Gasteiger partial charge in [-0.15, -0.1) is 11.3 Å². The molecule has 20 heavy (non-hydrogen) atoms. The molecule has 2 aromatic rings. The van der Waals surface area contributed by atoms with Crippen LogP contribution >= 0.6 is 11.3 Å². The Hall–Kier alpha value is -2.71. The van der Waals surface area contributed by atoms with Gasteiger partial charge in [-0.1, -0.05) is 42.5 Å². The first-order chi connectivity index (χ1) is 9.79. The van der Waals surface area contributed by atoms with E-state index >= 15 is 0 Å². The summed E-state index contributed by atoms with van der Waals surface area (Å²) >= 11 is 1.30. The van der Waals surface area contributed by atoms with Crippen molar-refractivity contribution in [2.45, 2.75) is 0 Å².